The molecule has 0 N–H and O–H groups in total. The standard InChI is InChI=1S/C22H30N2/c1-9-10-22(16(2)3)24-21(8)20(7)14-13-19(6)18(5)12-11-17(4)15-23/h9-14,16H,8H2,1-7H3/b10-9-,17-11?,18-12+,19-13+,20-14+,24-22?. The van der Waals surface area contributed by atoms with E-state index in [4.69, 9.17) is 5.26 Å². The Morgan fingerprint density at radius 2 is 1.46 bits per heavy atom. The van der Waals surface area contributed by atoms with E-state index in [9.17, 15) is 0 Å². The topological polar surface area (TPSA) is 36.1 Å². The average Bonchev–Trinajstić information content (AvgIpc) is 2.55. The summed E-state index contributed by atoms with van der Waals surface area (Å²) >= 11 is 0. The van der Waals surface area contributed by atoms with Gasteiger partial charge in [0.1, 0.15) is 0 Å². The summed E-state index contributed by atoms with van der Waals surface area (Å²) < 4.78 is 0. The molecule has 0 aromatic carbocycles. The highest BCUT2D eigenvalue weighted by molar-refractivity contribution is 5.97. The first-order valence-electron chi connectivity index (χ1n) is 8.24. The molecule has 0 aliphatic carbocycles. The number of aliphatic imine (C=N–C) groups is 1. The van der Waals surface area contributed by atoms with Crippen LogP contribution in [0.5, 0.6) is 0 Å². The van der Waals surface area contributed by atoms with Crippen LogP contribution in [-0.4, -0.2) is 5.71 Å². The van der Waals surface area contributed by atoms with Crippen LogP contribution in [-0.2, 0) is 0 Å². The van der Waals surface area contributed by atoms with E-state index < -0.39 is 0 Å². The van der Waals surface area contributed by atoms with Crippen molar-refractivity contribution < 1.29 is 0 Å². The fourth-order valence-corrected chi connectivity index (χ4v) is 1.67. The van der Waals surface area contributed by atoms with E-state index in [2.05, 4.69) is 44.5 Å². The molecule has 0 aliphatic rings. The second-order valence-electron chi connectivity index (χ2n) is 6.15. The Bertz CT molecular complexity index is 669. The molecule has 0 fully saturated rings. The maximum Gasteiger partial charge on any atom is 0.0944 e. The summed E-state index contributed by atoms with van der Waals surface area (Å²) in [6.07, 6.45) is 11.9. The lowest BCUT2D eigenvalue weighted by Gasteiger charge is -2.07. The molecule has 0 aromatic heterocycles. The Morgan fingerprint density at radius 3 is 1.92 bits per heavy atom. The molecule has 0 amide bonds. The quantitative estimate of drug-likeness (QED) is 0.300. The fraction of sp³-hybridized carbons (Fsp3) is 0.364. The zero-order valence-corrected chi connectivity index (χ0v) is 16.1. The Balaban J connectivity index is 5.30. The minimum absolute atomic E-state index is 0.364. The van der Waals surface area contributed by atoms with Crippen LogP contribution >= 0.6 is 0 Å². The van der Waals surface area contributed by atoms with Crippen molar-refractivity contribution in [1.82, 2.24) is 0 Å². The molecule has 0 aliphatic heterocycles. The van der Waals surface area contributed by atoms with E-state index in [-0.39, 0.29) is 0 Å². The number of allylic oxidation sites excluding steroid dienone is 10. The number of rotatable bonds is 7. The maximum atomic E-state index is 8.77. The lowest BCUT2D eigenvalue weighted by Crippen LogP contribution is -2.04. The van der Waals surface area contributed by atoms with Crippen LogP contribution in [0.4, 0.5) is 0 Å². The summed E-state index contributed by atoms with van der Waals surface area (Å²) in [5, 5.41) is 8.77. The molecule has 0 radical (unpaired) electrons. The van der Waals surface area contributed by atoms with Gasteiger partial charge in [0.15, 0.2) is 0 Å². The largest absolute Gasteiger partial charge is 0.254 e. The first-order valence-corrected chi connectivity index (χ1v) is 8.24. The number of nitrogens with zero attached hydrogens (tertiary/aromatic N) is 2. The van der Waals surface area contributed by atoms with Gasteiger partial charge in [-0.25, -0.2) is 0 Å². The number of hydrogen-bond acceptors (Lipinski definition) is 2. The van der Waals surface area contributed by atoms with E-state index in [0.29, 0.717) is 11.5 Å². The number of hydrogen-bond donors (Lipinski definition) is 0. The molecule has 0 atom stereocenters. The third kappa shape index (κ3) is 8.29. The molecule has 2 nitrogen and oxygen atoms in total. The van der Waals surface area contributed by atoms with Crippen molar-refractivity contribution >= 4 is 5.71 Å². The Labute approximate surface area is 148 Å². The predicted octanol–water partition coefficient (Wildman–Crippen LogP) is 6.48. The van der Waals surface area contributed by atoms with Crippen LogP contribution in [0.3, 0.4) is 0 Å². The van der Waals surface area contributed by atoms with Crippen molar-refractivity contribution in [2.45, 2.75) is 48.5 Å². The molecule has 0 saturated carbocycles. The zero-order chi connectivity index (χ0) is 18.7. The number of nitriles is 1. The van der Waals surface area contributed by atoms with Gasteiger partial charge in [0.25, 0.3) is 0 Å². The van der Waals surface area contributed by atoms with Crippen molar-refractivity contribution in [2.24, 2.45) is 10.9 Å². The molecular formula is C22H30N2. The van der Waals surface area contributed by atoms with Gasteiger partial charge in [-0.3, -0.25) is 4.99 Å². The highest BCUT2D eigenvalue weighted by atomic mass is 14.8. The van der Waals surface area contributed by atoms with Crippen molar-refractivity contribution in [1.29, 1.82) is 5.26 Å². The molecular weight excluding hydrogens is 292 g/mol. The molecule has 0 aromatic rings. The molecule has 0 spiro atoms. The van der Waals surface area contributed by atoms with E-state index >= 15 is 0 Å². The zero-order valence-electron chi connectivity index (χ0n) is 16.1. The van der Waals surface area contributed by atoms with Gasteiger partial charge >= 0.3 is 0 Å². The average molecular weight is 322 g/mol. The lowest BCUT2D eigenvalue weighted by atomic mass is 10.1. The summed E-state index contributed by atoms with van der Waals surface area (Å²) in [4.78, 5) is 4.64. The molecule has 128 valence electrons. The molecule has 0 rings (SSSR count). The van der Waals surface area contributed by atoms with Crippen molar-refractivity contribution in [3.8, 4) is 6.07 Å². The lowest BCUT2D eigenvalue weighted by molar-refractivity contribution is 0.886. The van der Waals surface area contributed by atoms with Crippen LogP contribution in [0.15, 0.2) is 76.0 Å². The molecule has 0 bridgehead atoms. The van der Waals surface area contributed by atoms with Gasteiger partial charge < -0.3 is 0 Å². The Kier molecular flexibility index (Phi) is 10.1. The minimum Gasteiger partial charge on any atom is -0.254 e. The predicted molar refractivity (Wildman–Crippen MR) is 107 cm³/mol. The van der Waals surface area contributed by atoms with Crippen molar-refractivity contribution in [3.05, 3.63) is 71.0 Å². The van der Waals surface area contributed by atoms with E-state index in [1.807, 2.05) is 51.2 Å². The summed E-state index contributed by atoms with van der Waals surface area (Å²) in [6, 6.07) is 2.12. The minimum atomic E-state index is 0.364. The SMILES string of the molecule is C=C(N=C(/C=C\C)C(C)C)/C(C)=C/C=C(C)/C(C)=C/C=C(C)C#N. The Morgan fingerprint density at radius 1 is 0.958 bits per heavy atom. The Hall–Kier alpha value is -2.40. The van der Waals surface area contributed by atoms with E-state index in [1.165, 1.54) is 0 Å². The van der Waals surface area contributed by atoms with Crippen LogP contribution in [0.1, 0.15) is 48.5 Å². The van der Waals surface area contributed by atoms with Crippen LogP contribution < -0.4 is 0 Å². The molecule has 0 heterocycles. The summed E-state index contributed by atoms with van der Waals surface area (Å²) in [6.45, 7) is 18.2. The van der Waals surface area contributed by atoms with Gasteiger partial charge in [0.2, 0.25) is 0 Å². The first kappa shape index (κ1) is 21.6. The highest BCUT2D eigenvalue weighted by Crippen LogP contribution is 2.15. The van der Waals surface area contributed by atoms with Gasteiger partial charge in [0.05, 0.1) is 11.8 Å². The van der Waals surface area contributed by atoms with Gasteiger partial charge in [-0.15, -0.1) is 0 Å². The second-order valence-corrected chi connectivity index (χ2v) is 6.15. The molecule has 2 heteroatoms. The van der Waals surface area contributed by atoms with Crippen LogP contribution in [0.2, 0.25) is 0 Å². The van der Waals surface area contributed by atoms with Gasteiger partial charge in [0, 0.05) is 11.3 Å². The van der Waals surface area contributed by atoms with Crippen LogP contribution in [0.25, 0.3) is 0 Å². The maximum absolute atomic E-state index is 8.77. The van der Waals surface area contributed by atoms with Crippen molar-refractivity contribution in [3.63, 3.8) is 0 Å². The van der Waals surface area contributed by atoms with Crippen LogP contribution in [0, 0.1) is 17.2 Å². The smallest absolute Gasteiger partial charge is 0.0944 e. The second kappa shape index (κ2) is 11.2. The third-order valence-electron chi connectivity index (χ3n) is 3.61. The molecule has 0 unspecified atom stereocenters. The normalized spacial score (nSPS) is 15.2. The van der Waals surface area contributed by atoms with Gasteiger partial charge in [-0.05, 0) is 69.4 Å². The molecule has 24 heavy (non-hydrogen) atoms. The summed E-state index contributed by atoms with van der Waals surface area (Å²) in [5.41, 5.74) is 5.81. The van der Waals surface area contributed by atoms with Crippen molar-refractivity contribution in [2.75, 3.05) is 0 Å². The van der Waals surface area contributed by atoms with E-state index in [0.717, 1.165) is 28.1 Å². The van der Waals surface area contributed by atoms with Gasteiger partial charge in [-0.2, -0.15) is 5.26 Å². The molecule has 0 saturated heterocycles. The fourth-order valence-electron chi connectivity index (χ4n) is 1.67. The van der Waals surface area contributed by atoms with E-state index in [1.54, 1.807) is 6.92 Å². The summed E-state index contributed by atoms with van der Waals surface area (Å²) in [5.74, 6) is 0.364. The highest BCUT2D eigenvalue weighted by Gasteiger charge is 2.02. The van der Waals surface area contributed by atoms with Gasteiger partial charge in [-0.1, -0.05) is 44.7 Å². The monoisotopic (exact) mass is 322 g/mol. The first-order chi connectivity index (χ1) is 11.2. The third-order valence-corrected chi connectivity index (χ3v) is 3.61. The summed E-state index contributed by atoms with van der Waals surface area (Å²) in [7, 11) is 0.